The smallest absolute Gasteiger partial charge is 0.131 e. The van der Waals surface area contributed by atoms with Crippen LogP contribution >= 0.6 is 11.6 Å². The van der Waals surface area contributed by atoms with E-state index in [0.717, 1.165) is 24.7 Å². The maximum absolute atomic E-state index is 11.0. The van der Waals surface area contributed by atoms with Crippen LogP contribution in [0.25, 0.3) is 0 Å². The third-order valence-electron chi connectivity index (χ3n) is 2.86. The molecule has 0 heterocycles. The Kier molecular flexibility index (Phi) is 2.12. The molecule has 0 aromatic heterocycles. The first kappa shape index (κ1) is 8.76. The van der Waals surface area contributed by atoms with Gasteiger partial charge in [0.05, 0.1) is 5.41 Å². The second-order valence-electron chi connectivity index (χ2n) is 3.56. The Hall–Kier alpha value is -0.820. The molecule has 2 rings (SSSR count). The van der Waals surface area contributed by atoms with Crippen molar-refractivity contribution in [2.24, 2.45) is 0 Å². The number of aryl methyl sites for hydroxylation is 1. The zero-order valence-electron chi connectivity index (χ0n) is 7.29. The number of aldehydes is 1. The van der Waals surface area contributed by atoms with Crippen molar-refractivity contribution in [3.8, 4) is 0 Å². The number of halogens is 1. The minimum atomic E-state index is -0.405. The zero-order valence-corrected chi connectivity index (χ0v) is 8.05. The van der Waals surface area contributed by atoms with Crippen molar-refractivity contribution in [3.05, 3.63) is 35.4 Å². The van der Waals surface area contributed by atoms with Crippen molar-refractivity contribution in [3.63, 3.8) is 0 Å². The number of rotatable bonds is 2. The highest BCUT2D eigenvalue weighted by molar-refractivity contribution is 6.20. The fourth-order valence-corrected chi connectivity index (χ4v) is 2.35. The molecule has 1 aliphatic carbocycles. The normalized spacial score (nSPS) is 25.6. The summed E-state index contributed by atoms with van der Waals surface area (Å²) in [5.41, 5.74) is 1.99. The van der Waals surface area contributed by atoms with Crippen LogP contribution in [0.5, 0.6) is 0 Å². The predicted molar refractivity (Wildman–Crippen MR) is 53.2 cm³/mol. The summed E-state index contributed by atoms with van der Waals surface area (Å²) in [6.45, 7) is 0. The van der Waals surface area contributed by atoms with Crippen LogP contribution in [-0.4, -0.2) is 12.2 Å². The SMILES string of the molecule is O=CC1(CCl)CCc2ccccc21. The van der Waals surface area contributed by atoms with Gasteiger partial charge in [-0.25, -0.2) is 0 Å². The molecule has 1 aromatic rings. The molecular weight excluding hydrogens is 184 g/mol. The minimum absolute atomic E-state index is 0.396. The monoisotopic (exact) mass is 194 g/mol. The van der Waals surface area contributed by atoms with Crippen molar-refractivity contribution in [1.29, 1.82) is 0 Å². The lowest BCUT2D eigenvalue weighted by atomic mass is 9.86. The maximum atomic E-state index is 11.0. The lowest BCUT2D eigenvalue weighted by Crippen LogP contribution is -2.26. The van der Waals surface area contributed by atoms with Gasteiger partial charge in [0.15, 0.2) is 0 Å². The van der Waals surface area contributed by atoms with Gasteiger partial charge in [0, 0.05) is 5.88 Å². The Labute approximate surface area is 82.7 Å². The van der Waals surface area contributed by atoms with Crippen LogP contribution in [0.1, 0.15) is 17.5 Å². The van der Waals surface area contributed by atoms with Gasteiger partial charge in [0.2, 0.25) is 0 Å². The van der Waals surface area contributed by atoms with Crippen molar-refractivity contribution in [2.75, 3.05) is 5.88 Å². The number of hydrogen-bond donors (Lipinski definition) is 0. The van der Waals surface area contributed by atoms with E-state index in [-0.39, 0.29) is 0 Å². The predicted octanol–water partition coefficient (Wildman–Crippen LogP) is 2.31. The van der Waals surface area contributed by atoms with Crippen molar-refractivity contribution >= 4 is 17.9 Å². The summed E-state index contributed by atoms with van der Waals surface area (Å²) in [6.07, 6.45) is 2.84. The van der Waals surface area contributed by atoms with Gasteiger partial charge in [0.1, 0.15) is 6.29 Å². The highest BCUT2D eigenvalue weighted by Crippen LogP contribution is 2.38. The number of carbonyl (C=O) groups is 1. The summed E-state index contributed by atoms with van der Waals surface area (Å²) in [6, 6.07) is 8.06. The van der Waals surface area contributed by atoms with E-state index in [1.54, 1.807) is 0 Å². The molecule has 1 nitrogen and oxygen atoms in total. The molecule has 2 heteroatoms. The van der Waals surface area contributed by atoms with Gasteiger partial charge in [-0.2, -0.15) is 0 Å². The van der Waals surface area contributed by atoms with E-state index in [9.17, 15) is 4.79 Å². The molecule has 0 amide bonds. The lowest BCUT2D eigenvalue weighted by molar-refractivity contribution is -0.111. The van der Waals surface area contributed by atoms with E-state index in [0.29, 0.717) is 5.88 Å². The second-order valence-corrected chi connectivity index (χ2v) is 3.83. The lowest BCUT2D eigenvalue weighted by Gasteiger charge is -2.19. The Morgan fingerprint density at radius 2 is 2.23 bits per heavy atom. The molecular formula is C11H11ClO. The van der Waals surface area contributed by atoms with Crippen LogP contribution in [0.3, 0.4) is 0 Å². The van der Waals surface area contributed by atoms with E-state index in [2.05, 4.69) is 6.07 Å². The highest BCUT2D eigenvalue weighted by atomic mass is 35.5. The van der Waals surface area contributed by atoms with Crippen LogP contribution in [0.15, 0.2) is 24.3 Å². The molecule has 0 spiro atoms. The van der Waals surface area contributed by atoms with Gasteiger partial charge in [-0.3, -0.25) is 0 Å². The van der Waals surface area contributed by atoms with Crippen LogP contribution in [-0.2, 0) is 16.6 Å². The molecule has 1 unspecified atom stereocenters. The Morgan fingerprint density at radius 1 is 1.46 bits per heavy atom. The number of hydrogen-bond acceptors (Lipinski definition) is 1. The van der Waals surface area contributed by atoms with Crippen LogP contribution in [0.4, 0.5) is 0 Å². The average Bonchev–Trinajstić information content (AvgIpc) is 2.58. The van der Waals surface area contributed by atoms with Gasteiger partial charge < -0.3 is 4.79 Å². The summed E-state index contributed by atoms with van der Waals surface area (Å²) in [7, 11) is 0. The average molecular weight is 195 g/mol. The van der Waals surface area contributed by atoms with Gasteiger partial charge in [-0.1, -0.05) is 24.3 Å². The summed E-state index contributed by atoms with van der Waals surface area (Å²) >= 11 is 5.86. The first-order chi connectivity index (χ1) is 6.32. The second kappa shape index (κ2) is 3.15. The van der Waals surface area contributed by atoms with E-state index in [1.165, 1.54) is 5.56 Å². The number of alkyl halides is 1. The summed E-state index contributed by atoms with van der Waals surface area (Å²) < 4.78 is 0. The fourth-order valence-electron chi connectivity index (χ4n) is 2.01. The van der Waals surface area contributed by atoms with Crippen molar-refractivity contribution in [1.82, 2.24) is 0 Å². The third-order valence-corrected chi connectivity index (χ3v) is 3.34. The van der Waals surface area contributed by atoms with Gasteiger partial charge in [0.25, 0.3) is 0 Å². The standard InChI is InChI=1S/C11H11ClO/c12-7-11(8-13)6-5-9-3-1-2-4-10(9)11/h1-4,8H,5-7H2. The summed E-state index contributed by atoms with van der Waals surface area (Å²) in [4.78, 5) is 11.0. The van der Waals surface area contributed by atoms with E-state index >= 15 is 0 Å². The molecule has 0 radical (unpaired) electrons. The van der Waals surface area contributed by atoms with Crippen LogP contribution < -0.4 is 0 Å². The molecule has 13 heavy (non-hydrogen) atoms. The van der Waals surface area contributed by atoms with E-state index in [1.807, 2.05) is 18.2 Å². The molecule has 0 bridgehead atoms. The molecule has 0 N–H and O–H groups in total. The first-order valence-corrected chi connectivity index (χ1v) is 4.96. The zero-order chi connectivity index (χ0) is 9.31. The third kappa shape index (κ3) is 1.19. The van der Waals surface area contributed by atoms with Crippen molar-refractivity contribution < 1.29 is 4.79 Å². The molecule has 0 saturated heterocycles. The molecule has 1 aliphatic rings. The summed E-state index contributed by atoms with van der Waals surface area (Å²) in [5.74, 6) is 0.396. The molecule has 68 valence electrons. The number of fused-ring (bicyclic) bond motifs is 1. The van der Waals surface area contributed by atoms with E-state index in [4.69, 9.17) is 11.6 Å². The molecule has 0 saturated carbocycles. The Bertz CT molecular complexity index is 335. The maximum Gasteiger partial charge on any atom is 0.131 e. The first-order valence-electron chi connectivity index (χ1n) is 4.43. The van der Waals surface area contributed by atoms with Gasteiger partial charge in [-0.15, -0.1) is 11.6 Å². The van der Waals surface area contributed by atoms with E-state index < -0.39 is 5.41 Å². The van der Waals surface area contributed by atoms with Crippen LogP contribution in [0, 0.1) is 0 Å². The van der Waals surface area contributed by atoms with Gasteiger partial charge in [-0.05, 0) is 24.0 Å². The molecule has 1 atom stereocenters. The minimum Gasteiger partial charge on any atom is -0.302 e. The topological polar surface area (TPSA) is 17.1 Å². The molecule has 0 aliphatic heterocycles. The largest absolute Gasteiger partial charge is 0.302 e. The Morgan fingerprint density at radius 3 is 2.92 bits per heavy atom. The molecule has 0 fully saturated rings. The van der Waals surface area contributed by atoms with Crippen LogP contribution in [0.2, 0.25) is 0 Å². The fraction of sp³-hybridized carbons (Fsp3) is 0.364. The van der Waals surface area contributed by atoms with Crippen molar-refractivity contribution in [2.45, 2.75) is 18.3 Å². The quantitative estimate of drug-likeness (QED) is 0.522. The molecule has 1 aromatic carbocycles. The summed E-state index contributed by atoms with van der Waals surface area (Å²) in [5, 5.41) is 0. The Balaban J connectivity index is 2.53. The highest BCUT2D eigenvalue weighted by Gasteiger charge is 2.37. The number of benzene rings is 1. The number of carbonyl (C=O) groups excluding carboxylic acids is 1. The van der Waals surface area contributed by atoms with Gasteiger partial charge >= 0.3 is 0 Å².